The minimum atomic E-state index is -0.647. The Morgan fingerprint density at radius 2 is 2.00 bits per heavy atom. The molecule has 0 unspecified atom stereocenters. The van der Waals surface area contributed by atoms with Crippen LogP contribution in [0.1, 0.15) is 5.56 Å². The number of nitrogens with one attached hydrogen (secondary N) is 1. The quantitative estimate of drug-likeness (QED) is 0.941. The molecule has 0 saturated carbocycles. The normalized spacial score (nSPS) is 13.1. The Morgan fingerprint density at radius 3 is 2.86 bits per heavy atom. The number of hydrogen-bond donors (Lipinski definition) is 1. The molecule has 1 amide bonds. The first kappa shape index (κ1) is 13.5. The maximum atomic E-state index is 13.5. The van der Waals surface area contributed by atoms with Crippen molar-refractivity contribution in [1.29, 1.82) is 0 Å². The lowest BCUT2D eigenvalue weighted by Crippen LogP contribution is -2.32. The third-order valence-corrected chi connectivity index (χ3v) is 3.52. The van der Waals surface area contributed by atoms with Crippen LogP contribution in [-0.4, -0.2) is 19.0 Å². The van der Waals surface area contributed by atoms with E-state index in [1.54, 1.807) is 0 Å². The van der Waals surface area contributed by atoms with Crippen LogP contribution in [0.5, 0.6) is 0 Å². The third-order valence-electron chi connectivity index (χ3n) is 3.52. The van der Waals surface area contributed by atoms with Crippen LogP contribution in [0.15, 0.2) is 42.5 Å². The van der Waals surface area contributed by atoms with Crippen LogP contribution in [0, 0.1) is 11.6 Å². The zero-order valence-electron chi connectivity index (χ0n) is 11.3. The molecule has 0 saturated heterocycles. The summed E-state index contributed by atoms with van der Waals surface area (Å²) >= 11 is 0. The summed E-state index contributed by atoms with van der Waals surface area (Å²) in [4.78, 5) is 13.9. The van der Waals surface area contributed by atoms with Gasteiger partial charge in [0.15, 0.2) is 0 Å². The maximum absolute atomic E-state index is 13.5. The first-order chi connectivity index (χ1) is 10.1. The summed E-state index contributed by atoms with van der Waals surface area (Å²) in [7, 11) is 0. The fourth-order valence-corrected chi connectivity index (χ4v) is 2.53. The average Bonchev–Trinajstić information content (AvgIpc) is 2.86. The zero-order chi connectivity index (χ0) is 14.8. The molecular weight excluding hydrogens is 274 g/mol. The summed E-state index contributed by atoms with van der Waals surface area (Å²) < 4.78 is 26.6. The number of amides is 1. The molecule has 0 spiro atoms. The van der Waals surface area contributed by atoms with Crippen molar-refractivity contribution in [3.63, 3.8) is 0 Å². The lowest BCUT2D eigenvalue weighted by atomic mass is 10.2. The second-order valence-electron chi connectivity index (χ2n) is 4.97. The number of anilines is 2. The van der Waals surface area contributed by atoms with Crippen molar-refractivity contribution in [2.24, 2.45) is 0 Å². The predicted octanol–water partition coefficient (Wildman–Crippen LogP) is 2.97. The number of rotatable bonds is 3. The van der Waals surface area contributed by atoms with Crippen LogP contribution in [0.3, 0.4) is 0 Å². The lowest BCUT2D eigenvalue weighted by molar-refractivity contribution is -0.115. The number of carbonyl (C=O) groups is 1. The van der Waals surface area contributed by atoms with E-state index in [1.807, 2.05) is 29.2 Å². The monoisotopic (exact) mass is 288 g/mol. The summed E-state index contributed by atoms with van der Waals surface area (Å²) in [6, 6.07) is 10.9. The van der Waals surface area contributed by atoms with Gasteiger partial charge in [-0.2, -0.15) is 0 Å². The number of nitrogens with zero attached hydrogens (tertiary/aromatic N) is 1. The first-order valence-electron chi connectivity index (χ1n) is 6.71. The smallest absolute Gasteiger partial charge is 0.243 e. The summed E-state index contributed by atoms with van der Waals surface area (Å²) in [6.45, 7) is 0.866. The second-order valence-corrected chi connectivity index (χ2v) is 4.97. The number of benzene rings is 2. The van der Waals surface area contributed by atoms with E-state index in [0.29, 0.717) is 0 Å². The Kier molecular flexibility index (Phi) is 3.56. The van der Waals surface area contributed by atoms with Crippen molar-refractivity contribution in [1.82, 2.24) is 0 Å². The molecule has 1 aliphatic heterocycles. The second kappa shape index (κ2) is 5.52. The SMILES string of the molecule is O=C(CN1CCc2ccccc21)Nc1cc(F)ccc1F. The van der Waals surface area contributed by atoms with E-state index in [0.717, 1.165) is 36.9 Å². The van der Waals surface area contributed by atoms with Gasteiger partial charge in [0.2, 0.25) is 5.91 Å². The number of halogens is 2. The van der Waals surface area contributed by atoms with E-state index in [2.05, 4.69) is 5.32 Å². The van der Waals surface area contributed by atoms with Crippen molar-refractivity contribution >= 4 is 17.3 Å². The van der Waals surface area contributed by atoms with Gasteiger partial charge in [0.1, 0.15) is 11.6 Å². The first-order valence-corrected chi connectivity index (χ1v) is 6.71. The van der Waals surface area contributed by atoms with Gasteiger partial charge in [-0.3, -0.25) is 4.79 Å². The molecule has 1 N–H and O–H groups in total. The van der Waals surface area contributed by atoms with Gasteiger partial charge in [0, 0.05) is 18.3 Å². The average molecular weight is 288 g/mol. The van der Waals surface area contributed by atoms with Crippen LogP contribution in [-0.2, 0) is 11.2 Å². The van der Waals surface area contributed by atoms with Crippen molar-refractivity contribution in [3.05, 3.63) is 59.7 Å². The molecular formula is C16H14F2N2O. The highest BCUT2D eigenvalue weighted by atomic mass is 19.1. The topological polar surface area (TPSA) is 32.3 Å². The van der Waals surface area contributed by atoms with E-state index in [-0.39, 0.29) is 18.1 Å². The van der Waals surface area contributed by atoms with Crippen LogP contribution in [0.25, 0.3) is 0 Å². The minimum absolute atomic E-state index is 0.118. The van der Waals surface area contributed by atoms with Gasteiger partial charge in [0.05, 0.1) is 12.2 Å². The Labute approximate surface area is 121 Å². The Morgan fingerprint density at radius 1 is 1.19 bits per heavy atom. The van der Waals surface area contributed by atoms with Gasteiger partial charge in [0.25, 0.3) is 0 Å². The molecule has 21 heavy (non-hydrogen) atoms. The van der Waals surface area contributed by atoms with Crippen LogP contribution in [0.4, 0.5) is 20.2 Å². The molecule has 0 bridgehead atoms. The number of para-hydroxylation sites is 1. The fourth-order valence-electron chi connectivity index (χ4n) is 2.53. The van der Waals surface area contributed by atoms with Gasteiger partial charge in [-0.15, -0.1) is 0 Å². The summed E-state index contributed by atoms with van der Waals surface area (Å²) in [5.74, 6) is -1.60. The molecule has 1 aliphatic rings. The van der Waals surface area contributed by atoms with Crippen molar-refractivity contribution in [3.8, 4) is 0 Å². The van der Waals surface area contributed by atoms with Crippen molar-refractivity contribution in [2.45, 2.75) is 6.42 Å². The van der Waals surface area contributed by atoms with Gasteiger partial charge in [-0.1, -0.05) is 18.2 Å². The van der Waals surface area contributed by atoms with E-state index in [1.165, 1.54) is 5.56 Å². The highest BCUT2D eigenvalue weighted by Gasteiger charge is 2.20. The molecule has 0 radical (unpaired) electrons. The molecule has 0 atom stereocenters. The molecule has 0 fully saturated rings. The molecule has 1 heterocycles. The molecule has 108 valence electrons. The molecule has 3 nitrogen and oxygen atoms in total. The summed E-state index contributed by atoms with van der Waals surface area (Å²) in [6.07, 6.45) is 0.887. The van der Waals surface area contributed by atoms with Gasteiger partial charge < -0.3 is 10.2 Å². The molecule has 5 heteroatoms. The molecule has 0 aromatic heterocycles. The standard InChI is InChI=1S/C16H14F2N2O/c17-12-5-6-13(18)14(9-12)19-16(21)10-20-8-7-11-3-1-2-4-15(11)20/h1-6,9H,7-8,10H2,(H,19,21). The van der Waals surface area contributed by atoms with E-state index in [4.69, 9.17) is 0 Å². The van der Waals surface area contributed by atoms with Crippen LogP contribution in [0.2, 0.25) is 0 Å². The van der Waals surface area contributed by atoms with Gasteiger partial charge in [-0.25, -0.2) is 8.78 Å². The predicted molar refractivity (Wildman–Crippen MR) is 77.3 cm³/mol. The van der Waals surface area contributed by atoms with Crippen molar-refractivity contribution in [2.75, 3.05) is 23.3 Å². The third kappa shape index (κ3) is 2.86. The largest absolute Gasteiger partial charge is 0.362 e. The Bertz CT molecular complexity index is 688. The Balaban J connectivity index is 1.69. The summed E-state index contributed by atoms with van der Waals surface area (Å²) in [5.41, 5.74) is 2.09. The summed E-state index contributed by atoms with van der Waals surface area (Å²) in [5, 5.41) is 2.41. The number of fused-ring (bicyclic) bond motifs is 1. The minimum Gasteiger partial charge on any atom is -0.362 e. The molecule has 2 aromatic rings. The van der Waals surface area contributed by atoms with Crippen molar-refractivity contribution < 1.29 is 13.6 Å². The maximum Gasteiger partial charge on any atom is 0.243 e. The zero-order valence-corrected chi connectivity index (χ0v) is 11.3. The highest BCUT2D eigenvalue weighted by molar-refractivity contribution is 5.94. The highest BCUT2D eigenvalue weighted by Crippen LogP contribution is 2.27. The van der Waals surface area contributed by atoms with E-state index >= 15 is 0 Å². The lowest BCUT2D eigenvalue weighted by Gasteiger charge is -2.18. The van der Waals surface area contributed by atoms with Crippen LogP contribution >= 0.6 is 0 Å². The van der Waals surface area contributed by atoms with Gasteiger partial charge in [-0.05, 0) is 30.2 Å². The van der Waals surface area contributed by atoms with E-state index in [9.17, 15) is 13.6 Å². The van der Waals surface area contributed by atoms with Crippen LogP contribution < -0.4 is 10.2 Å². The number of carbonyl (C=O) groups excluding carboxylic acids is 1. The van der Waals surface area contributed by atoms with Gasteiger partial charge >= 0.3 is 0 Å². The Hall–Kier alpha value is -2.43. The number of hydrogen-bond acceptors (Lipinski definition) is 2. The van der Waals surface area contributed by atoms with E-state index < -0.39 is 11.6 Å². The molecule has 3 rings (SSSR count). The molecule has 0 aliphatic carbocycles. The molecule has 2 aromatic carbocycles. The fraction of sp³-hybridized carbons (Fsp3) is 0.188.